The molecule has 1 N–H and O–H groups in total. The first-order chi connectivity index (χ1) is 9.66. The summed E-state index contributed by atoms with van der Waals surface area (Å²) in [5.74, 6) is 0.0633. The van der Waals surface area contributed by atoms with Gasteiger partial charge in [-0.1, -0.05) is 43.2 Å². The topological polar surface area (TPSA) is 49.4 Å². The lowest BCUT2D eigenvalue weighted by atomic mass is 10.2. The molecule has 0 bridgehead atoms. The maximum absolute atomic E-state index is 12.0. The van der Waals surface area contributed by atoms with Gasteiger partial charge in [0.1, 0.15) is 0 Å². The first-order valence-corrected chi connectivity index (χ1v) is 9.04. The van der Waals surface area contributed by atoms with E-state index in [2.05, 4.69) is 9.62 Å². The molecule has 2 rings (SSSR count). The normalized spacial score (nSPS) is 17.8. The maximum atomic E-state index is 12.0. The van der Waals surface area contributed by atoms with Crippen molar-refractivity contribution in [3.8, 4) is 0 Å². The Balaban J connectivity index is 1.74. The van der Waals surface area contributed by atoms with Gasteiger partial charge in [-0.3, -0.25) is 0 Å². The zero-order valence-corrected chi connectivity index (χ0v) is 12.7. The highest BCUT2D eigenvalue weighted by atomic mass is 32.2. The highest BCUT2D eigenvalue weighted by molar-refractivity contribution is 7.88. The second-order valence-corrected chi connectivity index (χ2v) is 7.20. The zero-order chi connectivity index (χ0) is 14.3. The zero-order valence-electron chi connectivity index (χ0n) is 11.9. The summed E-state index contributed by atoms with van der Waals surface area (Å²) in [6, 6.07) is 9.30. The van der Waals surface area contributed by atoms with E-state index >= 15 is 0 Å². The molecule has 20 heavy (non-hydrogen) atoms. The molecule has 1 aliphatic rings. The second-order valence-electron chi connectivity index (χ2n) is 5.39. The molecule has 0 atom stereocenters. The molecule has 1 aromatic rings. The minimum atomic E-state index is -3.22. The molecule has 4 nitrogen and oxygen atoms in total. The quantitative estimate of drug-likeness (QED) is 0.873. The third kappa shape index (κ3) is 5.61. The van der Waals surface area contributed by atoms with Crippen LogP contribution in [0.25, 0.3) is 0 Å². The van der Waals surface area contributed by atoms with E-state index < -0.39 is 10.0 Å². The van der Waals surface area contributed by atoms with Crippen LogP contribution >= 0.6 is 0 Å². The molecule has 0 unspecified atom stereocenters. The Kier molecular flexibility index (Phi) is 6.01. The Hall–Kier alpha value is -0.910. The molecule has 0 aromatic heterocycles. The predicted octanol–water partition coefficient (Wildman–Crippen LogP) is 1.98. The minimum Gasteiger partial charge on any atom is -0.302 e. The molecule has 0 aliphatic carbocycles. The average molecular weight is 296 g/mol. The Morgan fingerprint density at radius 3 is 2.30 bits per heavy atom. The van der Waals surface area contributed by atoms with Crippen LogP contribution < -0.4 is 4.72 Å². The average Bonchev–Trinajstić information content (AvgIpc) is 2.68. The van der Waals surface area contributed by atoms with Crippen LogP contribution in [0, 0.1) is 0 Å². The predicted molar refractivity (Wildman–Crippen MR) is 82.0 cm³/mol. The van der Waals surface area contributed by atoms with E-state index in [0.29, 0.717) is 6.54 Å². The van der Waals surface area contributed by atoms with Crippen LogP contribution in [-0.4, -0.2) is 39.5 Å². The van der Waals surface area contributed by atoms with Crippen LogP contribution in [-0.2, 0) is 15.8 Å². The smallest absolute Gasteiger partial charge is 0.215 e. The van der Waals surface area contributed by atoms with Crippen molar-refractivity contribution in [2.24, 2.45) is 0 Å². The lowest BCUT2D eigenvalue weighted by Crippen LogP contribution is -2.35. The number of nitrogens with one attached hydrogen (secondary N) is 1. The van der Waals surface area contributed by atoms with E-state index in [1.165, 1.54) is 25.7 Å². The van der Waals surface area contributed by atoms with Crippen molar-refractivity contribution in [2.45, 2.75) is 31.4 Å². The Morgan fingerprint density at radius 2 is 1.65 bits per heavy atom. The second kappa shape index (κ2) is 7.76. The van der Waals surface area contributed by atoms with Gasteiger partial charge in [0.2, 0.25) is 10.0 Å². The van der Waals surface area contributed by atoms with E-state index in [-0.39, 0.29) is 5.75 Å². The van der Waals surface area contributed by atoms with Gasteiger partial charge in [0.15, 0.2) is 0 Å². The van der Waals surface area contributed by atoms with Gasteiger partial charge in [-0.15, -0.1) is 0 Å². The third-order valence-electron chi connectivity index (χ3n) is 3.65. The lowest BCUT2D eigenvalue weighted by Gasteiger charge is -2.19. The van der Waals surface area contributed by atoms with Gasteiger partial charge in [-0.2, -0.15) is 0 Å². The molecule has 0 amide bonds. The van der Waals surface area contributed by atoms with E-state index in [1.54, 1.807) is 0 Å². The standard InChI is InChI=1S/C15H24N2O2S/c18-20(19,14-15-8-4-3-5-9-15)16-10-13-17-11-6-1-2-7-12-17/h3-5,8-9,16H,1-2,6-7,10-14H2. The van der Waals surface area contributed by atoms with Crippen molar-refractivity contribution in [3.63, 3.8) is 0 Å². The summed E-state index contributed by atoms with van der Waals surface area (Å²) in [6.07, 6.45) is 5.07. The number of benzene rings is 1. The van der Waals surface area contributed by atoms with Crippen molar-refractivity contribution >= 4 is 10.0 Å². The van der Waals surface area contributed by atoms with Gasteiger partial charge in [-0.25, -0.2) is 13.1 Å². The van der Waals surface area contributed by atoms with E-state index in [0.717, 1.165) is 25.2 Å². The molecule has 0 saturated carbocycles. The molecule has 1 fully saturated rings. The molecule has 0 spiro atoms. The first-order valence-electron chi connectivity index (χ1n) is 7.39. The van der Waals surface area contributed by atoms with Crippen LogP contribution in [0.3, 0.4) is 0 Å². The lowest BCUT2D eigenvalue weighted by molar-refractivity contribution is 0.290. The van der Waals surface area contributed by atoms with Crippen LogP contribution in [0.4, 0.5) is 0 Å². The van der Waals surface area contributed by atoms with Crippen LogP contribution in [0.1, 0.15) is 31.2 Å². The summed E-state index contributed by atoms with van der Waals surface area (Å²) >= 11 is 0. The number of rotatable bonds is 6. The largest absolute Gasteiger partial charge is 0.302 e. The summed E-state index contributed by atoms with van der Waals surface area (Å²) < 4.78 is 26.7. The summed E-state index contributed by atoms with van der Waals surface area (Å²) in [6.45, 7) is 3.52. The van der Waals surface area contributed by atoms with Crippen LogP contribution in [0.5, 0.6) is 0 Å². The van der Waals surface area contributed by atoms with Crippen molar-refractivity contribution in [3.05, 3.63) is 35.9 Å². The summed E-state index contributed by atoms with van der Waals surface area (Å²) in [5, 5.41) is 0. The van der Waals surface area contributed by atoms with E-state index in [9.17, 15) is 8.42 Å². The summed E-state index contributed by atoms with van der Waals surface area (Å²) in [4.78, 5) is 2.36. The Morgan fingerprint density at radius 1 is 1.00 bits per heavy atom. The van der Waals surface area contributed by atoms with Crippen molar-refractivity contribution in [1.82, 2.24) is 9.62 Å². The van der Waals surface area contributed by atoms with Crippen molar-refractivity contribution < 1.29 is 8.42 Å². The fourth-order valence-electron chi connectivity index (χ4n) is 2.56. The number of sulfonamides is 1. The summed E-state index contributed by atoms with van der Waals surface area (Å²) in [7, 11) is -3.22. The molecule has 5 heteroatoms. The highest BCUT2D eigenvalue weighted by Gasteiger charge is 2.13. The van der Waals surface area contributed by atoms with Gasteiger partial charge in [-0.05, 0) is 31.5 Å². The molecular weight excluding hydrogens is 272 g/mol. The number of hydrogen-bond donors (Lipinski definition) is 1. The van der Waals surface area contributed by atoms with Crippen molar-refractivity contribution in [2.75, 3.05) is 26.2 Å². The first kappa shape index (κ1) is 15.5. The number of hydrogen-bond acceptors (Lipinski definition) is 3. The third-order valence-corrected chi connectivity index (χ3v) is 5.01. The highest BCUT2D eigenvalue weighted by Crippen LogP contribution is 2.09. The molecule has 1 heterocycles. The molecule has 1 aliphatic heterocycles. The van der Waals surface area contributed by atoms with Crippen molar-refractivity contribution in [1.29, 1.82) is 0 Å². The molecule has 0 radical (unpaired) electrons. The number of nitrogens with zero attached hydrogens (tertiary/aromatic N) is 1. The van der Waals surface area contributed by atoms with Crippen LogP contribution in [0.15, 0.2) is 30.3 Å². The fourth-order valence-corrected chi connectivity index (χ4v) is 3.70. The van der Waals surface area contributed by atoms with E-state index in [1.807, 2.05) is 30.3 Å². The minimum absolute atomic E-state index is 0.0633. The number of likely N-dealkylation sites (tertiary alicyclic amines) is 1. The molecule has 112 valence electrons. The van der Waals surface area contributed by atoms with Gasteiger partial charge >= 0.3 is 0 Å². The van der Waals surface area contributed by atoms with Crippen LogP contribution in [0.2, 0.25) is 0 Å². The van der Waals surface area contributed by atoms with E-state index in [4.69, 9.17) is 0 Å². The maximum Gasteiger partial charge on any atom is 0.215 e. The van der Waals surface area contributed by atoms with Gasteiger partial charge < -0.3 is 4.90 Å². The van der Waals surface area contributed by atoms with Gasteiger partial charge in [0.25, 0.3) is 0 Å². The SMILES string of the molecule is O=S(=O)(Cc1ccccc1)NCCN1CCCCCC1. The van der Waals surface area contributed by atoms with Gasteiger partial charge in [0, 0.05) is 13.1 Å². The Bertz CT molecular complexity index is 480. The molecule has 1 saturated heterocycles. The molecule has 1 aromatic carbocycles. The summed E-state index contributed by atoms with van der Waals surface area (Å²) in [5.41, 5.74) is 0.828. The Labute approximate surface area is 122 Å². The molecular formula is C15H24N2O2S. The van der Waals surface area contributed by atoms with Gasteiger partial charge in [0.05, 0.1) is 5.75 Å². The fraction of sp³-hybridized carbons (Fsp3) is 0.600. The monoisotopic (exact) mass is 296 g/mol.